The first kappa shape index (κ1) is 17.2. The zero-order valence-corrected chi connectivity index (χ0v) is 13.2. The predicted octanol–water partition coefficient (Wildman–Crippen LogP) is 2.41. The topological polar surface area (TPSA) is 83.5 Å². The number of aromatic nitrogens is 1. The molecule has 23 heavy (non-hydrogen) atoms. The van der Waals surface area contributed by atoms with Crippen molar-refractivity contribution in [2.75, 3.05) is 37.0 Å². The van der Waals surface area contributed by atoms with Crippen molar-refractivity contribution in [2.24, 2.45) is 0 Å². The summed E-state index contributed by atoms with van der Waals surface area (Å²) in [4.78, 5) is 16.3. The highest BCUT2D eigenvalue weighted by atomic mass is 35.5. The van der Waals surface area contributed by atoms with E-state index in [0.717, 1.165) is 0 Å². The van der Waals surface area contributed by atoms with Crippen molar-refractivity contribution < 1.29 is 14.6 Å². The first-order valence-electron chi connectivity index (χ1n) is 7.15. The van der Waals surface area contributed by atoms with Crippen LogP contribution < -0.4 is 10.6 Å². The third-order valence-corrected chi connectivity index (χ3v) is 3.26. The summed E-state index contributed by atoms with van der Waals surface area (Å²) in [7, 11) is 0. The summed E-state index contributed by atoms with van der Waals surface area (Å²) in [6.07, 6.45) is 1.56. The van der Waals surface area contributed by atoms with Crippen LogP contribution in [-0.4, -0.2) is 42.4 Å². The smallest absolute Gasteiger partial charge is 0.257 e. The van der Waals surface area contributed by atoms with Crippen LogP contribution >= 0.6 is 11.6 Å². The van der Waals surface area contributed by atoms with Gasteiger partial charge in [-0.05, 0) is 24.3 Å². The predicted molar refractivity (Wildman–Crippen MR) is 90.0 cm³/mol. The van der Waals surface area contributed by atoms with Gasteiger partial charge >= 0.3 is 0 Å². The molecule has 0 radical (unpaired) electrons. The van der Waals surface area contributed by atoms with Gasteiger partial charge in [-0.1, -0.05) is 23.7 Å². The number of ether oxygens (including phenoxy) is 1. The Kier molecular flexibility index (Phi) is 6.80. The van der Waals surface area contributed by atoms with Gasteiger partial charge in [-0.25, -0.2) is 4.98 Å². The molecule has 0 aliphatic heterocycles. The van der Waals surface area contributed by atoms with Crippen molar-refractivity contribution in [1.82, 2.24) is 4.98 Å². The number of aliphatic hydroxyl groups is 1. The Balaban J connectivity index is 1.85. The molecule has 0 saturated carbocycles. The minimum absolute atomic E-state index is 0.0120. The lowest BCUT2D eigenvalue weighted by molar-refractivity contribution is 0.0992. The van der Waals surface area contributed by atoms with Crippen molar-refractivity contribution in [3.8, 4) is 0 Å². The molecule has 122 valence electrons. The van der Waals surface area contributed by atoms with Crippen LogP contribution in [0.3, 0.4) is 0 Å². The Bertz CT molecular complexity index is 635. The van der Waals surface area contributed by atoms with Gasteiger partial charge in [0, 0.05) is 6.54 Å². The maximum absolute atomic E-state index is 12.1. The molecule has 0 fully saturated rings. The van der Waals surface area contributed by atoms with Gasteiger partial charge in [0.2, 0.25) is 0 Å². The van der Waals surface area contributed by atoms with E-state index in [1.54, 1.807) is 42.6 Å². The summed E-state index contributed by atoms with van der Waals surface area (Å²) in [5.74, 6) is 0.392. The van der Waals surface area contributed by atoms with Gasteiger partial charge in [-0.15, -0.1) is 0 Å². The number of carbonyl (C=O) groups is 1. The second kappa shape index (κ2) is 9.09. The molecule has 6 nitrogen and oxygen atoms in total. The average molecular weight is 336 g/mol. The lowest BCUT2D eigenvalue weighted by atomic mass is 10.2. The van der Waals surface area contributed by atoms with Gasteiger partial charge < -0.3 is 20.5 Å². The Morgan fingerprint density at radius 2 is 2.04 bits per heavy atom. The molecule has 2 rings (SSSR count). The molecular formula is C16H18ClN3O3. The van der Waals surface area contributed by atoms with Crippen molar-refractivity contribution in [3.63, 3.8) is 0 Å². The van der Waals surface area contributed by atoms with Crippen molar-refractivity contribution >= 4 is 29.0 Å². The molecule has 0 atom stereocenters. The molecule has 0 saturated heterocycles. The Morgan fingerprint density at radius 3 is 2.74 bits per heavy atom. The summed E-state index contributed by atoms with van der Waals surface area (Å²) >= 11 is 5.99. The number of amides is 1. The first-order valence-corrected chi connectivity index (χ1v) is 7.53. The Labute approximate surface area is 139 Å². The fourth-order valence-corrected chi connectivity index (χ4v) is 2.06. The highest BCUT2D eigenvalue weighted by Crippen LogP contribution is 2.17. The van der Waals surface area contributed by atoms with Gasteiger partial charge in [0.05, 0.1) is 42.3 Å². The van der Waals surface area contributed by atoms with Gasteiger partial charge in [0.15, 0.2) is 0 Å². The van der Waals surface area contributed by atoms with Crippen LogP contribution in [0.4, 0.5) is 11.5 Å². The van der Waals surface area contributed by atoms with Crippen LogP contribution in [0.1, 0.15) is 10.4 Å². The minimum Gasteiger partial charge on any atom is -0.394 e. The summed E-state index contributed by atoms with van der Waals surface area (Å²) in [6.45, 7) is 1.39. The number of rotatable bonds is 8. The standard InChI is InChI=1S/C16H18ClN3O3/c17-14-4-2-1-3-13(14)16(22)20-12-5-6-15(19-11-12)18-7-9-23-10-8-21/h1-6,11,21H,7-10H2,(H,18,19)(H,20,22). The zero-order chi connectivity index (χ0) is 16.5. The summed E-state index contributed by atoms with van der Waals surface area (Å²) in [5.41, 5.74) is 0.995. The first-order chi connectivity index (χ1) is 11.2. The van der Waals surface area contributed by atoms with Crippen LogP contribution in [0.15, 0.2) is 42.6 Å². The molecule has 1 heterocycles. The summed E-state index contributed by atoms with van der Waals surface area (Å²) in [5, 5.41) is 14.8. The van der Waals surface area contributed by atoms with E-state index in [0.29, 0.717) is 41.8 Å². The van der Waals surface area contributed by atoms with Crippen LogP contribution in [0.5, 0.6) is 0 Å². The van der Waals surface area contributed by atoms with Gasteiger partial charge in [-0.2, -0.15) is 0 Å². The number of hydrogen-bond donors (Lipinski definition) is 3. The fourth-order valence-electron chi connectivity index (χ4n) is 1.83. The molecule has 1 aromatic carbocycles. The van der Waals surface area contributed by atoms with Crippen molar-refractivity contribution in [1.29, 1.82) is 0 Å². The maximum atomic E-state index is 12.1. The lowest BCUT2D eigenvalue weighted by Crippen LogP contribution is -2.14. The van der Waals surface area contributed by atoms with Gasteiger partial charge in [0.25, 0.3) is 5.91 Å². The Morgan fingerprint density at radius 1 is 1.22 bits per heavy atom. The van der Waals surface area contributed by atoms with Crippen LogP contribution in [0.2, 0.25) is 5.02 Å². The van der Waals surface area contributed by atoms with Crippen LogP contribution in [0.25, 0.3) is 0 Å². The number of hydrogen-bond acceptors (Lipinski definition) is 5. The molecule has 0 spiro atoms. The minimum atomic E-state index is -0.282. The number of aliphatic hydroxyl groups excluding tert-OH is 1. The SMILES string of the molecule is O=C(Nc1ccc(NCCOCCO)nc1)c1ccccc1Cl. The number of anilines is 2. The number of benzene rings is 1. The van der Waals surface area contributed by atoms with Gasteiger partial charge in [0.1, 0.15) is 5.82 Å². The van der Waals surface area contributed by atoms with Crippen molar-refractivity contribution in [3.05, 3.63) is 53.2 Å². The van der Waals surface area contributed by atoms with E-state index in [2.05, 4.69) is 15.6 Å². The highest BCUT2D eigenvalue weighted by Gasteiger charge is 2.09. The van der Waals surface area contributed by atoms with Crippen molar-refractivity contribution in [2.45, 2.75) is 0 Å². The maximum Gasteiger partial charge on any atom is 0.257 e. The van der Waals surface area contributed by atoms with E-state index in [1.807, 2.05) is 0 Å². The number of nitrogens with zero attached hydrogens (tertiary/aromatic N) is 1. The molecule has 0 unspecified atom stereocenters. The fraction of sp³-hybridized carbons (Fsp3) is 0.250. The molecule has 2 aromatic rings. The third kappa shape index (κ3) is 5.52. The van der Waals surface area contributed by atoms with E-state index in [9.17, 15) is 4.79 Å². The Hall–Kier alpha value is -2.15. The second-order valence-electron chi connectivity index (χ2n) is 4.63. The summed E-state index contributed by atoms with van der Waals surface area (Å²) < 4.78 is 5.13. The van der Waals surface area contributed by atoms with E-state index >= 15 is 0 Å². The van der Waals surface area contributed by atoms with E-state index in [4.69, 9.17) is 21.4 Å². The third-order valence-electron chi connectivity index (χ3n) is 2.93. The molecule has 0 bridgehead atoms. The molecule has 0 aliphatic carbocycles. The van der Waals surface area contributed by atoms with E-state index < -0.39 is 0 Å². The molecule has 1 amide bonds. The number of pyridine rings is 1. The second-order valence-corrected chi connectivity index (χ2v) is 5.04. The highest BCUT2D eigenvalue weighted by molar-refractivity contribution is 6.34. The largest absolute Gasteiger partial charge is 0.394 e. The molecule has 7 heteroatoms. The normalized spacial score (nSPS) is 10.3. The van der Waals surface area contributed by atoms with E-state index in [1.165, 1.54) is 0 Å². The number of carbonyl (C=O) groups excluding carboxylic acids is 1. The molecule has 1 aromatic heterocycles. The lowest BCUT2D eigenvalue weighted by Gasteiger charge is -2.08. The average Bonchev–Trinajstić information content (AvgIpc) is 2.56. The van der Waals surface area contributed by atoms with Crippen LogP contribution in [-0.2, 0) is 4.74 Å². The molecular weight excluding hydrogens is 318 g/mol. The van der Waals surface area contributed by atoms with E-state index in [-0.39, 0.29) is 12.5 Å². The summed E-state index contributed by atoms with van der Waals surface area (Å²) in [6, 6.07) is 10.4. The zero-order valence-electron chi connectivity index (χ0n) is 12.5. The van der Waals surface area contributed by atoms with Gasteiger partial charge in [-0.3, -0.25) is 4.79 Å². The quantitative estimate of drug-likeness (QED) is 0.645. The van der Waals surface area contributed by atoms with Crippen LogP contribution in [0, 0.1) is 0 Å². The number of halogens is 1. The molecule has 0 aliphatic rings. The monoisotopic (exact) mass is 335 g/mol. The number of nitrogens with one attached hydrogen (secondary N) is 2. The molecule has 3 N–H and O–H groups in total.